The maximum absolute atomic E-state index is 13.2. The first-order valence-corrected chi connectivity index (χ1v) is 10.4. The van der Waals surface area contributed by atoms with Gasteiger partial charge in [0, 0.05) is 0 Å². The van der Waals surface area contributed by atoms with Crippen molar-refractivity contribution in [3.8, 4) is 11.5 Å². The second kappa shape index (κ2) is 7.30. The number of amides is 4. The van der Waals surface area contributed by atoms with E-state index >= 15 is 0 Å². The lowest BCUT2D eigenvalue weighted by molar-refractivity contribution is -0.135. The van der Waals surface area contributed by atoms with Crippen LogP contribution in [0.5, 0.6) is 11.5 Å². The molecule has 1 aliphatic carbocycles. The minimum Gasteiger partial charge on any atom is -0.454 e. The highest BCUT2D eigenvalue weighted by Gasteiger charge is 2.50. The van der Waals surface area contributed by atoms with Gasteiger partial charge in [-0.3, -0.25) is 14.5 Å². The third-order valence-electron chi connectivity index (χ3n) is 6.23. The molecule has 8 heteroatoms. The van der Waals surface area contributed by atoms with E-state index in [1.807, 2.05) is 18.2 Å². The van der Waals surface area contributed by atoms with Gasteiger partial charge in [0.05, 0.1) is 6.04 Å². The Morgan fingerprint density at radius 2 is 2.00 bits per heavy atom. The molecule has 3 aliphatic rings. The standard InChI is InChI=1S/C23H23N3O5/c1-23(15-9-10-18-19(11-15)31-13-30-18)21(28)26(22(29)25-23)12-20(27)24-17-8-4-6-14-5-2-3-7-16(14)17/h2-3,5,7,9-11,17H,4,6,8,12-13H2,1H3,(H,24,27)(H,25,29)/t17-,23-/m1/s1. The quantitative estimate of drug-likeness (QED) is 0.739. The van der Waals surface area contributed by atoms with Gasteiger partial charge in [-0.2, -0.15) is 0 Å². The van der Waals surface area contributed by atoms with E-state index in [9.17, 15) is 14.4 Å². The van der Waals surface area contributed by atoms with Crippen LogP contribution >= 0.6 is 0 Å². The highest BCUT2D eigenvalue weighted by molar-refractivity contribution is 6.09. The van der Waals surface area contributed by atoms with E-state index in [4.69, 9.17) is 9.47 Å². The third-order valence-corrected chi connectivity index (χ3v) is 6.23. The van der Waals surface area contributed by atoms with Crippen LogP contribution in [0, 0.1) is 0 Å². The van der Waals surface area contributed by atoms with Gasteiger partial charge in [-0.1, -0.05) is 30.3 Å². The molecule has 2 atom stereocenters. The summed E-state index contributed by atoms with van der Waals surface area (Å²) in [6.07, 6.45) is 2.80. The number of carbonyl (C=O) groups is 3. The van der Waals surface area contributed by atoms with Gasteiger partial charge in [0.15, 0.2) is 11.5 Å². The Hall–Kier alpha value is -3.55. The van der Waals surface area contributed by atoms with Crippen LogP contribution in [-0.2, 0) is 21.5 Å². The number of benzene rings is 2. The van der Waals surface area contributed by atoms with E-state index in [0.29, 0.717) is 17.1 Å². The zero-order chi connectivity index (χ0) is 21.6. The smallest absolute Gasteiger partial charge is 0.325 e. The van der Waals surface area contributed by atoms with Gasteiger partial charge in [0.25, 0.3) is 5.91 Å². The molecule has 0 spiro atoms. The molecule has 31 heavy (non-hydrogen) atoms. The molecule has 2 aromatic carbocycles. The first-order chi connectivity index (χ1) is 15.0. The summed E-state index contributed by atoms with van der Waals surface area (Å²) < 4.78 is 10.7. The molecule has 2 aliphatic heterocycles. The van der Waals surface area contributed by atoms with Crippen LogP contribution in [0.1, 0.15) is 42.5 Å². The molecule has 0 saturated carbocycles. The first-order valence-electron chi connectivity index (χ1n) is 10.4. The topological polar surface area (TPSA) is 97.0 Å². The van der Waals surface area contributed by atoms with Crippen LogP contribution in [0.2, 0.25) is 0 Å². The molecule has 0 unspecified atom stereocenters. The number of nitrogens with zero attached hydrogens (tertiary/aromatic N) is 1. The number of hydrogen-bond acceptors (Lipinski definition) is 5. The van der Waals surface area contributed by atoms with E-state index < -0.39 is 17.5 Å². The molecule has 0 bridgehead atoms. The number of urea groups is 1. The number of nitrogens with one attached hydrogen (secondary N) is 2. The fourth-order valence-corrected chi connectivity index (χ4v) is 4.53. The van der Waals surface area contributed by atoms with Gasteiger partial charge in [-0.15, -0.1) is 0 Å². The van der Waals surface area contributed by atoms with E-state index in [2.05, 4.69) is 16.7 Å². The van der Waals surface area contributed by atoms with Gasteiger partial charge in [0.1, 0.15) is 12.1 Å². The molecule has 5 rings (SSSR count). The third kappa shape index (κ3) is 3.28. The Bertz CT molecular complexity index is 1080. The molecule has 4 amide bonds. The van der Waals surface area contributed by atoms with Crippen molar-refractivity contribution < 1.29 is 23.9 Å². The lowest BCUT2D eigenvalue weighted by atomic mass is 9.88. The molecule has 0 aromatic heterocycles. The van der Waals surface area contributed by atoms with Gasteiger partial charge in [-0.05, 0) is 55.0 Å². The summed E-state index contributed by atoms with van der Waals surface area (Å²) in [5.74, 6) is 0.275. The summed E-state index contributed by atoms with van der Waals surface area (Å²) in [5, 5.41) is 5.72. The molecular formula is C23H23N3O5. The summed E-state index contributed by atoms with van der Waals surface area (Å²) in [5.41, 5.74) is 1.61. The maximum atomic E-state index is 13.2. The van der Waals surface area contributed by atoms with Crippen molar-refractivity contribution >= 4 is 17.8 Å². The van der Waals surface area contributed by atoms with E-state index in [1.54, 1.807) is 25.1 Å². The zero-order valence-electron chi connectivity index (χ0n) is 17.1. The second-order valence-electron chi connectivity index (χ2n) is 8.23. The van der Waals surface area contributed by atoms with Crippen LogP contribution in [-0.4, -0.2) is 36.1 Å². The second-order valence-corrected chi connectivity index (χ2v) is 8.23. The van der Waals surface area contributed by atoms with Crippen LogP contribution in [0.3, 0.4) is 0 Å². The molecule has 1 fully saturated rings. The van der Waals surface area contributed by atoms with Crippen molar-refractivity contribution in [1.29, 1.82) is 0 Å². The molecule has 2 N–H and O–H groups in total. The van der Waals surface area contributed by atoms with Crippen LogP contribution in [0.25, 0.3) is 0 Å². The van der Waals surface area contributed by atoms with E-state index in [1.165, 1.54) is 5.56 Å². The fourth-order valence-electron chi connectivity index (χ4n) is 4.53. The first kappa shape index (κ1) is 19.4. The average molecular weight is 421 g/mol. The summed E-state index contributed by atoms with van der Waals surface area (Å²) in [6.45, 7) is 1.41. The Morgan fingerprint density at radius 1 is 1.19 bits per heavy atom. The predicted molar refractivity (Wildman–Crippen MR) is 110 cm³/mol. The highest BCUT2D eigenvalue weighted by atomic mass is 16.7. The number of hydrogen-bond donors (Lipinski definition) is 2. The Labute approximate surface area is 179 Å². The van der Waals surface area contributed by atoms with Crippen molar-refractivity contribution in [3.05, 3.63) is 59.2 Å². The maximum Gasteiger partial charge on any atom is 0.325 e. The molecule has 160 valence electrons. The van der Waals surface area contributed by atoms with Crippen molar-refractivity contribution in [3.63, 3.8) is 0 Å². The predicted octanol–water partition coefficient (Wildman–Crippen LogP) is 2.38. The number of carbonyl (C=O) groups excluding carboxylic acids is 3. The zero-order valence-corrected chi connectivity index (χ0v) is 17.1. The minimum atomic E-state index is -1.28. The van der Waals surface area contributed by atoms with Crippen molar-refractivity contribution in [2.45, 2.75) is 37.8 Å². The summed E-state index contributed by atoms with van der Waals surface area (Å²) in [4.78, 5) is 39.5. The van der Waals surface area contributed by atoms with Gasteiger partial charge >= 0.3 is 6.03 Å². The number of ether oxygens (including phenoxy) is 2. The fraction of sp³-hybridized carbons (Fsp3) is 0.348. The lowest BCUT2D eigenvalue weighted by Gasteiger charge is -2.27. The number of aryl methyl sites for hydroxylation is 1. The van der Waals surface area contributed by atoms with E-state index in [-0.39, 0.29) is 25.3 Å². The SMILES string of the molecule is C[C@]1(c2ccc3c(c2)OCO3)NC(=O)N(CC(=O)N[C@@H]2CCCc3ccccc32)C1=O. The molecular weight excluding hydrogens is 398 g/mol. The van der Waals surface area contributed by atoms with Crippen molar-refractivity contribution in [2.75, 3.05) is 13.3 Å². The van der Waals surface area contributed by atoms with Gasteiger partial charge < -0.3 is 20.1 Å². The van der Waals surface area contributed by atoms with Crippen LogP contribution in [0.15, 0.2) is 42.5 Å². The largest absolute Gasteiger partial charge is 0.454 e. The number of rotatable bonds is 4. The number of fused-ring (bicyclic) bond motifs is 2. The molecule has 2 heterocycles. The molecule has 2 aromatic rings. The summed E-state index contributed by atoms with van der Waals surface area (Å²) in [7, 11) is 0. The van der Waals surface area contributed by atoms with Crippen molar-refractivity contribution in [1.82, 2.24) is 15.5 Å². The molecule has 1 saturated heterocycles. The van der Waals surface area contributed by atoms with Crippen LogP contribution < -0.4 is 20.1 Å². The Balaban J connectivity index is 1.31. The summed E-state index contributed by atoms with van der Waals surface area (Å²) >= 11 is 0. The monoisotopic (exact) mass is 421 g/mol. The Morgan fingerprint density at radius 3 is 2.87 bits per heavy atom. The number of imide groups is 1. The summed E-state index contributed by atoms with van der Waals surface area (Å²) in [6, 6.07) is 12.4. The van der Waals surface area contributed by atoms with Gasteiger partial charge in [0.2, 0.25) is 12.7 Å². The van der Waals surface area contributed by atoms with E-state index in [0.717, 1.165) is 29.7 Å². The minimum absolute atomic E-state index is 0.113. The Kier molecular flexibility index (Phi) is 4.57. The average Bonchev–Trinajstić information content (AvgIpc) is 3.32. The molecule has 0 radical (unpaired) electrons. The highest BCUT2D eigenvalue weighted by Crippen LogP contribution is 2.38. The van der Waals surface area contributed by atoms with Crippen LogP contribution in [0.4, 0.5) is 4.79 Å². The molecule has 8 nitrogen and oxygen atoms in total. The normalized spacial score (nSPS) is 24.0. The lowest BCUT2D eigenvalue weighted by Crippen LogP contribution is -2.44. The van der Waals surface area contributed by atoms with Gasteiger partial charge in [-0.25, -0.2) is 4.79 Å². The van der Waals surface area contributed by atoms with Crippen molar-refractivity contribution in [2.24, 2.45) is 0 Å².